The first-order chi connectivity index (χ1) is 21.0. The normalized spacial score (nSPS) is 37.6. The largest absolute Gasteiger partial charge is 0.449 e. The molecule has 16 heteroatoms. The Kier molecular flexibility index (Phi) is 10.2. The molecule has 45 heavy (non-hydrogen) atoms. The second kappa shape index (κ2) is 13.1. The van der Waals surface area contributed by atoms with Crippen molar-refractivity contribution < 1.29 is 68.4 Å². The highest BCUT2D eigenvalue weighted by atomic mass is 19.1. The van der Waals surface area contributed by atoms with Gasteiger partial charge in [-0.05, 0) is 57.6 Å². The number of alkyl carbamates (subject to hydrolysis) is 1. The molecule has 4 rings (SSSR count). The number of halogens is 1. The first kappa shape index (κ1) is 35.0. The maximum atomic E-state index is 17.2. The van der Waals surface area contributed by atoms with Crippen molar-refractivity contribution in [3.05, 3.63) is 23.8 Å². The van der Waals surface area contributed by atoms with E-state index in [4.69, 9.17) is 24.6 Å². The minimum Gasteiger partial charge on any atom is -0.449 e. The molecule has 0 aromatic carbocycles. The first-order valence-corrected chi connectivity index (χ1v) is 14.8. The Hall–Kier alpha value is -2.83. The van der Waals surface area contributed by atoms with E-state index in [1.54, 1.807) is 13.8 Å². The molecule has 1 unspecified atom stereocenters. The lowest BCUT2D eigenvalue weighted by Gasteiger charge is -2.62. The van der Waals surface area contributed by atoms with Gasteiger partial charge >= 0.3 is 12.1 Å². The summed E-state index contributed by atoms with van der Waals surface area (Å²) in [5, 5.41) is 52.7. The molecule has 0 heterocycles. The molecular weight excluding hydrogens is 603 g/mol. The topological polar surface area (TPSA) is 222 Å². The summed E-state index contributed by atoms with van der Waals surface area (Å²) in [6.07, 6.45) is -0.976. The van der Waals surface area contributed by atoms with Gasteiger partial charge in [0.05, 0.1) is 30.8 Å². The molecule has 4 aliphatic carbocycles. The molecular formula is C29H41FN2O13. The van der Waals surface area contributed by atoms with Crippen LogP contribution in [0, 0.1) is 22.7 Å². The Labute approximate surface area is 258 Å². The van der Waals surface area contributed by atoms with Crippen LogP contribution in [0.1, 0.15) is 52.9 Å². The summed E-state index contributed by atoms with van der Waals surface area (Å²) < 4.78 is 32.3. The zero-order chi connectivity index (χ0) is 33.4. The van der Waals surface area contributed by atoms with Gasteiger partial charge in [-0.25, -0.2) is 9.18 Å². The number of carbonyl (C=O) groups is 4. The van der Waals surface area contributed by atoms with Crippen LogP contribution in [0.2, 0.25) is 0 Å². The second-order valence-electron chi connectivity index (χ2n) is 12.5. The third kappa shape index (κ3) is 6.17. The maximum absolute atomic E-state index is 17.2. The Morgan fingerprint density at radius 1 is 1.16 bits per heavy atom. The number of alkyl halides is 1. The lowest BCUT2D eigenvalue weighted by molar-refractivity contribution is -0.492. The van der Waals surface area contributed by atoms with Crippen molar-refractivity contribution in [1.82, 2.24) is 10.7 Å². The molecule has 0 aromatic rings. The van der Waals surface area contributed by atoms with E-state index in [1.165, 1.54) is 25.2 Å². The van der Waals surface area contributed by atoms with Crippen molar-refractivity contribution in [3.63, 3.8) is 0 Å². The number of hydrogen-bond acceptors (Lipinski definition) is 14. The molecule has 9 atom stereocenters. The monoisotopic (exact) mass is 644 g/mol. The van der Waals surface area contributed by atoms with Crippen molar-refractivity contribution in [1.29, 1.82) is 0 Å². The molecule has 6 N–H and O–H groups in total. The third-order valence-corrected chi connectivity index (χ3v) is 10.1. The second-order valence-corrected chi connectivity index (χ2v) is 12.5. The van der Waals surface area contributed by atoms with Crippen LogP contribution in [0.4, 0.5) is 9.18 Å². The van der Waals surface area contributed by atoms with Gasteiger partial charge < -0.3 is 34.8 Å². The van der Waals surface area contributed by atoms with E-state index in [2.05, 4.69) is 10.2 Å². The van der Waals surface area contributed by atoms with Crippen LogP contribution in [0.15, 0.2) is 23.8 Å². The number of ether oxygens (including phenoxy) is 3. The van der Waals surface area contributed by atoms with Crippen molar-refractivity contribution in [2.45, 2.75) is 82.6 Å². The highest BCUT2D eigenvalue weighted by Gasteiger charge is 2.76. The molecule has 0 saturated heterocycles. The van der Waals surface area contributed by atoms with Crippen molar-refractivity contribution in [2.75, 3.05) is 26.4 Å². The number of rotatable bonds is 12. The molecule has 252 valence electrons. The van der Waals surface area contributed by atoms with Crippen molar-refractivity contribution >= 4 is 23.6 Å². The molecule has 0 aromatic heterocycles. The number of aliphatic hydroxyl groups is 3. The number of fused-ring (bicyclic) bond motifs is 5. The summed E-state index contributed by atoms with van der Waals surface area (Å²) in [6, 6.07) is 0. The SMILES string of the molecule is CC(OCC(=O)[C@@]1(O)[C@H](O)C[C@H]2[C@@H]3CCC4=CC(=O)C=C[C@]4(C)[C@@]3(F)[C@@H](O)C[C@@]21C)OC(=O)CNC(=O)OCCCON(O)O. The summed E-state index contributed by atoms with van der Waals surface area (Å²) in [6.45, 7) is 2.80. The lowest BCUT2D eigenvalue weighted by Crippen LogP contribution is -2.69. The lowest BCUT2D eigenvalue weighted by atomic mass is 9.44. The predicted octanol–water partition coefficient (Wildman–Crippen LogP) is 0.662. The number of ketones is 2. The van der Waals surface area contributed by atoms with Gasteiger partial charge in [-0.3, -0.25) is 29.6 Å². The zero-order valence-electron chi connectivity index (χ0n) is 25.3. The van der Waals surface area contributed by atoms with Crippen LogP contribution in [-0.2, 0) is 33.4 Å². The maximum Gasteiger partial charge on any atom is 0.407 e. The minimum atomic E-state index is -2.40. The molecule has 0 radical (unpaired) electrons. The van der Waals surface area contributed by atoms with Crippen LogP contribution in [0.25, 0.3) is 0 Å². The van der Waals surface area contributed by atoms with Crippen LogP contribution in [-0.4, -0.2) is 111 Å². The van der Waals surface area contributed by atoms with Gasteiger partial charge in [0.1, 0.15) is 13.2 Å². The van der Waals surface area contributed by atoms with Gasteiger partial charge in [-0.15, -0.1) is 0 Å². The number of amides is 1. The first-order valence-electron chi connectivity index (χ1n) is 14.8. The summed E-state index contributed by atoms with van der Waals surface area (Å²) in [7, 11) is 0. The van der Waals surface area contributed by atoms with E-state index >= 15 is 4.39 Å². The van der Waals surface area contributed by atoms with Gasteiger partial charge in [0.2, 0.25) is 6.29 Å². The number of allylic oxidation sites excluding steroid dienone is 4. The average Bonchev–Trinajstić information content (AvgIpc) is 3.17. The number of nitrogens with zero attached hydrogens (tertiary/aromatic N) is 1. The molecule has 15 nitrogen and oxygen atoms in total. The molecule has 0 spiro atoms. The van der Waals surface area contributed by atoms with E-state index in [0.717, 1.165) is 0 Å². The van der Waals surface area contributed by atoms with Gasteiger partial charge in [0, 0.05) is 23.2 Å². The summed E-state index contributed by atoms with van der Waals surface area (Å²) in [4.78, 5) is 53.5. The molecule has 1 amide bonds. The molecule has 3 fully saturated rings. The van der Waals surface area contributed by atoms with Gasteiger partial charge in [0.15, 0.2) is 22.8 Å². The third-order valence-electron chi connectivity index (χ3n) is 10.1. The quantitative estimate of drug-likeness (QED) is 0.0744. The fourth-order valence-electron chi connectivity index (χ4n) is 7.86. The van der Waals surface area contributed by atoms with E-state index in [-0.39, 0.29) is 44.7 Å². The number of Topliss-reactive ketones (excluding diaryl/α,β-unsaturated/α-hetero) is 1. The van der Waals surface area contributed by atoms with Gasteiger partial charge in [-0.1, -0.05) is 18.6 Å². The minimum absolute atomic E-state index is 0.0970. The summed E-state index contributed by atoms with van der Waals surface area (Å²) in [5.74, 6) is -3.64. The summed E-state index contributed by atoms with van der Waals surface area (Å²) in [5.41, 5.74) is -6.73. The van der Waals surface area contributed by atoms with Gasteiger partial charge in [0.25, 0.3) is 0 Å². The Morgan fingerprint density at radius 2 is 1.87 bits per heavy atom. The van der Waals surface area contributed by atoms with Crippen LogP contribution < -0.4 is 5.32 Å². The fourth-order valence-corrected chi connectivity index (χ4v) is 7.86. The number of hydrogen-bond donors (Lipinski definition) is 6. The highest BCUT2D eigenvalue weighted by molar-refractivity contribution is 6.01. The standard InChI is InChI=1S/C29H41FN2O13/c1-16(45-24(37)14-31-25(38)42-9-4-10-44-32(40)41)43-15-23(36)29(39)21(34)12-20-19-6-5-17-11-18(33)7-8-26(17,2)28(19,30)22(35)13-27(20,29)3/h7-8,11,16,19-22,34-35,39-41H,4-6,9-10,12-15H2,1-3H3,(H,31,38)/t16?,19-,20-,21+,22-,26-,27-,28-,29-/m0/s1. The van der Waals surface area contributed by atoms with Crippen LogP contribution in [0.3, 0.4) is 0 Å². The van der Waals surface area contributed by atoms with E-state index in [0.29, 0.717) is 12.0 Å². The van der Waals surface area contributed by atoms with E-state index in [9.17, 15) is 34.5 Å². The highest BCUT2D eigenvalue weighted by Crippen LogP contribution is 2.69. The average molecular weight is 645 g/mol. The summed E-state index contributed by atoms with van der Waals surface area (Å²) >= 11 is 0. The van der Waals surface area contributed by atoms with Gasteiger partial charge in [-0.2, -0.15) is 0 Å². The smallest absolute Gasteiger partial charge is 0.407 e. The molecule has 0 aliphatic heterocycles. The Morgan fingerprint density at radius 3 is 2.56 bits per heavy atom. The van der Waals surface area contributed by atoms with E-state index < -0.39 is 88.8 Å². The molecule has 0 bridgehead atoms. The number of aliphatic hydroxyl groups excluding tert-OH is 2. The number of nitrogens with one attached hydrogen (secondary N) is 1. The Balaban J connectivity index is 1.34. The predicted molar refractivity (Wildman–Crippen MR) is 147 cm³/mol. The van der Waals surface area contributed by atoms with Crippen LogP contribution >= 0.6 is 0 Å². The fraction of sp³-hybridized carbons (Fsp3) is 0.724. The van der Waals surface area contributed by atoms with Crippen molar-refractivity contribution in [3.8, 4) is 0 Å². The number of esters is 1. The van der Waals surface area contributed by atoms with E-state index in [1.807, 2.05) is 0 Å². The molecule has 4 aliphatic rings. The van der Waals surface area contributed by atoms with Crippen molar-refractivity contribution in [2.24, 2.45) is 22.7 Å². The zero-order valence-corrected chi connectivity index (χ0v) is 25.3. The Bertz CT molecular complexity index is 1240. The van der Waals surface area contributed by atoms with Crippen LogP contribution in [0.5, 0.6) is 0 Å². The number of carbonyl (C=O) groups excluding carboxylic acids is 4. The molecule has 3 saturated carbocycles.